The Hall–Kier alpha value is -0.600. The quantitative estimate of drug-likeness (QED) is 0.764. The van der Waals surface area contributed by atoms with Gasteiger partial charge in [-0.2, -0.15) is 0 Å². The minimum atomic E-state index is 0.299. The molecular formula is C13H14BrN. The minimum absolute atomic E-state index is 0.299. The first-order chi connectivity index (χ1) is 7.27. The smallest absolute Gasteiger partial charge is 0.0263 e. The summed E-state index contributed by atoms with van der Waals surface area (Å²) in [6.07, 6.45) is 4.68. The van der Waals surface area contributed by atoms with Crippen LogP contribution in [0.25, 0.3) is 5.57 Å². The third kappa shape index (κ3) is 1.39. The molecule has 2 heteroatoms. The fourth-order valence-electron chi connectivity index (χ4n) is 2.84. The average molecular weight is 264 g/mol. The monoisotopic (exact) mass is 263 g/mol. The van der Waals surface area contributed by atoms with Gasteiger partial charge in [-0.05, 0) is 54.0 Å². The highest BCUT2D eigenvalue weighted by Crippen LogP contribution is 2.43. The molecule has 78 valence electrons. The van der Waals surface area contributed by atoms with Crippen molar-refractivity contribution in [2.24, 2.45) is 5.73 Å². The normalized spacial score (nSPS) is 24.0. The number of hydrogen-bond acceptors (Lipinski definition) is 1. The highest BCUT2D eigenvalue weighted by atomic mass is 79.9. The summed E-state index contributed by atoms with van der Waals surface area (Å²) in [4.78, 5) is 0. The van der Waals surface area contributed by atoms with E-state index in [0.29, 0.717) is 6.04 Å². The average Bonchev–Trinajstić information content (AvgIpc) is 2.59. The van der Waals surface area contributed by atoms with Gasteiger partial charge in [0.2, 0.25) is 0 Å². The number of fused-ring (bicyclic) bond motifs is 2. The molecule has 0 aromatic heterocycles. The fraction of sp³-hybridized carbons (Fsp3) is 0.385. The molecule has 0 spiro atoms. The fourth-order valence-corrected chi connectivity index (χ4v) is 3.49. The molecule has 0 saturated carbocycles. The second-order valence-corrected chi connectivity index (χ2v) is 5.31. The molecule has 1 aromatic carbocycles. The Balaban J connectivity index is 2.17. The Bertz CT molecular complexity index is 448. The molecule has 2 aliphatic carbocycles. The van der Waals surface area contributed by atoms with E-state index in [1.54, 1.807) is 0 Å². The SMILES string of the molecule is NC1CCCC2=C1Cc1cccc(Br)c12. The van der Waals surface area contributed by atoms with Crippen molar-refractivity contribution >= 4 is 21.5 Å². The summed E-state index contributed by atoms with van der Waals surface area (Å²) in [7, 11) is 0. The van der Waals surface area contributed by atoms with E-state index in [9.17, 15) is 0 Å². The van der Waals surface area contributed by atoms with Crippen molar-refractivity contribution in [3.05, 3.63) is 39.4 Å². The molecule has 1 nitrogen and oxygen atoms in total. The zero-order chi connectivity index (χ0) is 10.4. The standard InChI is InChI=1S/C13H14BrN/c14-11-5-1-3-8-7-10-9(13(8)11)4-2-6-12(10)15/h1,3,5,12H,2,4,6-7,15H2. The van der Waals surface area contributed by atoms with Gasteiger partial charge in [-0.15, -0.1) is 0 Å². The molecule has 1 unspecified atom stereocenters. The summed E-state index contributed by atoms with van der Waals surface area (Å²) in [5.41, 5.74) is 12.1. The minimum Gasteiger partial charge on any atom is -0.324 e. The number of allylic oxidation sites excluding steroid dienone is 1. The zero-order valence-electron chi connectivity index (χ0n) is 8.59. The third-order valence-corrected chi connectivity index (χ3v) is 4.22. The first-order valence-corrected chi connectivity index (χ1v) is 6.32. The lowest BCUT2D eigenvalue weighted by Gasteiger charge is -2.21. The predicted molar refractivity (Wildman–Crippen MR) is 66.6 cm³/mol. The van der Waals surface area contributed by atoms with Crippen molar-refractivity contribution in [2.45, 2.75) is 31.7 Å². The predicted octanol–water partition coefficient (Wildman–Crippen LogP) is 3.27. The summed E-state index contributed by atoms with van der Waals surface area (Å²) < 4.78 is 1.24. The molecule has 2 N–H and O–H groups in total. The molecule has 1 aromatic rings. The molecule has 3 rings (SSSR count). The van der Waals surface area contributed by atoms with Gasteiger partial charge in [-0.1, -0.05) is 28.1 Å². The van der Waals surface area contributed by atoms with Crippen molar-refractivity contribution in [3.63, 3.8) is 0 Å². The molecule has 0 heterocycles. The van der Waals surface area contributed by atoms with Crippen LogP contribution in [-0.2, 0) is 6.42 Å². The van der Waals surface area contributed by atoms with Crippen molar-refractivity contribution in [3.8, 4) is 0 Å². The first-order valence-electron chi connectivity index (χ1n) is 5.52. The van der Waals surface area contributed by atoms with E-state index in [4.69, 9.17) is 5.73 Å². The van der Waals surface area contributed by atoms with Crippen molar-refractivity contribution in [1.82, 2.24) is 0 Å². The molecule has 0 saturated heterocycles. The van der Waals surface area contributed by atoms with Gasteiger partial charge in [0.1, 0.15) is 0 Å². The van der Waals surface area contributed by atoms with Gasteiger partial charge in [0.15, 0.2) is 0 Å². The van der Waals surface area contributed by atoms with Crippen molar-refractivity contribution in [1.29, 1.82) is 0 Å². The zero-order valence-corrected chi connectivity index (χ0v) is 10.2. The van der Waals surface area contributed by atoms with Gasteiger partial charge in [0.05, 0.1) is 0 Å². The summed E-state index contributed by atoms with van der Waals surface area (Å²) in [5.74, 6) is 0. The Morgan fingerprint density at radius 2 is 2.20 bits per heavy atom. The number of rotatable bonds is 0. The Kier molecular flexibility index (Phi) is 2.22. The second kappa shape index (κ2) is 3.46. The molecule has 1 atom stereocenters. The largest absolute Gasteiger partial charge is 0.324 e. The maximum absolute atomic E-state index is 6.18. The van der Waals surface area contributed by atoms with E-state index in [2.05, 4.69) is 34.1 Å². The van der Waals surface area contributed by atoms with E-state index < -0.39 is 0 Å². The van der Waals surface area contributed by atoms with E-state index in [1.807, 2.05) is 0 Å². The van der Waals surface area contributed by atoms with E-state index in [0.717, 1.165) is 12.8 Å². The van der Waals surface area contributed by atoms with Gasteiger partial charge in [-0.3, -0.25) is 0 Å². The van der Waals surface area contributed by atoms with Crippen molar-refractivity contribution < 1.29 is 0 Å². The van der Waals surface area contributed by atoms with Crippen LogP contribution in [-0.4, -0.2) is 6.04 Å². The van der Waals surface area contributed by atoms with E-state index in [-0.39, 0.29) is 0 Å². The molecule has 0 bridgehead atoms. The van der Waals surface area contributed by atoms with Gasteiger partial charge in [-0.25, -0.2) is 0 Å². The molecule has 15 heavy (non-hydrogen) atoms. The highest BCUT2D eigenvalue weighted by molar-refractivity contribution is 9.10. The lowest BCUT2D eigenvalue weighted by atomic mass is 9.88. The van der Waals surface area contributed by atoms with Crippen LogP contribution in [0.3, 0.4) is 0 Å². The maximum Gasteiger partial charge on any atom is 0.0263 e. The molecule has 2 aliphatic rings. The summed E-state index contributed by atoms with van der Waals surface area (Å²) in [6.45, 7) is 0. The lowest BCUT2D eigenvalue weighted by molar-refractivity contribution is 0.620. The van der Waals surface area contributed by atoms with Crippen LogP contribution in [0.15, 0.2) is 28.2 Å². The molecule has 0 fully saturated rings. The first kappa shape index (κ1) is 9.61. The Morgan fingerprint density at radius 1 is 1.33 bits per heavy atom. The van der Waals surface area contributed by atoms with Gasteiger partial charge in [0.25, 0.3) is 0 Å². The molecule has 0 radical (unpaired) electrons. The molecular weight excluding hydrogens is 250 g/mol. The van der Waals surface area contributed by atoms with Gasteiger partial charge < -0.3 is 5.73 Å². The summed E-state index contributed by atoms with van der Waals surface area (Å²) in [6, 6.07) is 6.78. The number of benzene rings is 1. The summed E-state index contributed by atoms with van der Waals surface area (Å²) >= 11 is 3.65. The van der Waals surface area contributed by atoms with Crippen LogP contribution in [0, 0.1) is 0 Å². The van der Waals surface area contributed by atoms with Gasteiger partial charge >= 0.3 is 0 Å². The maximum atomic E-state index is 6.18. The molecule has 0 amide bonds. The number of nitrogens with two attached hydrogens (primary N) is 1. The second-order valence-electron chi connectivity index (χ2n) is 4.45. The third-order valence-electron chi connectivity index (χ3n) is 3.56. The van der Waals surface area contributed by atoms with Crippen molar-refractivity contribution in [2.75, 3.05) is 0 Å². The summed E-state index contributed by atoms with van der Waals surface area (Å²) in [5, 5.41) is 0. The van der Waals surface area contributed by atoms with E-state index in [1.165, 1.54) is 39.6 Å². The van der Waals surface area contributed by atoms with Crippen LogP contribution in [0.5, 0.6) is 0 Å². The topological polar surface area (TPSA) is 26.0 Å². The molecule has 0 aliphatic heterocycles. The van der Waals surface area contributed by atoms with Crippen LogP contribution < -0.4 is 5.73 Å². The van der Waals surface area contributed by atoms with E-state index >= 15 is 0 Å². The van der Waals surface area contributed by atoms with Gasteiger partial charge in [0, 0.05) is 10.5 Å². The Labute approximate surface area is 98.5 Å². The Morgan fingerprint density at radius 3 is 3.07 bits per heavy atom. The van der Waals surface area contributed by atoms with Crippen LogP contribution in [0.1, 0.15) is 30.4 Å². The van der Waals surface area contributed by atoms with Crippen LogP contribution in [0.2, 0.25) is 0 Å². The van der Waals surface area contributed by atoms with Crippen LogP contribution >= 0.6 is 15.9 Å². The lowest BCUT2D eigenvalue weighted by Crippen LogP contribution is -2.25. The van der Waals surface area contributed by atoms with Crippen LogP contribution in [0.4, 0.5) is 0 Å². The number of halogens is 1. The number of hydrogen-bond donors (Lipinski definition) is 1. The highest BCUT2D eigenvalue weighted by Gasteiger charge is 2.29.